The second kappa shape index (κ2) is 7.77. The molecule has 1 atom stereocenters. The van der Waals surface area contributed by atoms with Crippen molar-refractivity contribution in [1.82, 2.24) is 14.9 Å². The molecule has 0 bridgehead atoms. The standard InChI is InChI=1S/C21H23N5O4S/c1-21(2,3)17-12-24(8-9-25(17)20(27)28)18-7-4-13(11-22-18)19-23-15-6-5-14(26(29)30)10-16(15)31-19/h4-7,10-11,17H,8-9,12H2,1-3H3,(H,27,28). The molecule has 9 nitrogen and oxygen atoms in total. The molecule has 1 N–H and O–H groups in total. The smallest absolute Gasteiger partial charge is 0.407 e. The Morgan fingerprint density at radius 2 is 2.03 bits per heavy atom. The van der Waals surface area contributed by atoms with Gasteiger partial charge in [0.15, 0.2) is 0 Å². The average molecular weight is 442 g/mol. The van der Waals surface area contributed by atoms with Gasteiger partial charge in [-0.05, 0) is 23.6 Å². The van der Waals surface area contributed by atoms with E-state index in [0.29, 0.717) is 25.2 Å². The number of nitro benzene ring substituents is 1. The SMILES string of the molecule is CC(C)(C)C1CN(c2ccc(-c3nc4ccc([N+](=O)[O-])cc4s3)cn2)CCN1C(=O)O. The molecule has 31 heavy (non-hydrogen) atoms. The van der Waals surface area contributed by atoms with Crippen LogP contribution in [0, 0.1) is 15.5 Å². The lowest BCUT2D eigenvalue weighted by Gasteiger charge is -2.46. The van der Waals surface area contributed by atoms with Crippen molar-refractivity contribution in [1.29, 1.82) is 0 Å². The summed E-state index contributed by atoms with van der Waals surface area (Å²) in [5, 5.41) is 21.3. The monoisotopic (exact) mass is 441 g/mol. The average Bonchev–Trinajstić information content (AvgIpc) is 3.16. The third kappa shape index (κ3) is 4.15. The normalized spacial score (nSPS) is 17.2. The van der Waals surface area contributed by atoms with E-state index in [9.17, 15) is 20.0 Å². The highest BCUT2D eigenvalue weighted by molar-refractivity contribution is 7.21. The quantitative estimate of drug-likeness (QED) is 0.471. The van der Waals surface area contributed by atoms with Crippen LogP contribution in [0.5, 0.6) is 0 Å². The van der Waals surface area contributed by atoms with Gasteiger partial charge >= 0.3 is 6.09 Å². The summed E-state index contributed by atoms with van der Waals surface area (Å²) in [6.07, 6.45) is 0.857. The zero-order valence-corrected chi connectivity index (χ0v) is 18.3. The number of nitrogens with zero attached hydrogens (tertiary/aromatic N) is 5. The molecule has 162 valence electrons. The third-order valence-electron chi connectivity index (χ3n) is 5.53. The Labute approximate surface area is 183 Å². The first-order valence-corrected chi connectivity index (χ1v) is 10.7. The van der Waals surface area contributed by atoms with Crippen LogP contribution in [0.15, 0.2) is 36.5 Å². The minimum Gasteiger partial charge on any atom is -0.465 e. The molecule has 0 saturated carbocycles. The molecule has 1 aliphatic heterocycles. The topological polar surface area (TPSA) is 113 Å². The molecule has 1 aromatic carbocycles. The maximum atomic E-state index is 11.6. The number of aromatic nitrogens is 2. The van der Waals surface area contributed by atoms with E-state index in [4.69, 9.17) is 0 Å². The van der Waals surface area contributed by atoms with Crippen LogP contribution in [0.4, 0.5) is 16.3 Å². The summed E-state index contributed by atoms with van der Waals surface area (Å²) in [6, 6.07) is 8.36. The van der Waals surface area contributed by atoms with Gasteiger partial charge in [0.05, 0.1) is 21.2 Å². The number of rotatable bonds is 3. The highest BCUT2D eigenvalue weighted by Gasteiger charge is 2.38. The minimum atomic E-state index is -0.890. The Bertz CT molecular complexity index is 1140. The zero-order chi connectivity index (χ0) is 22.3. The fraction of sp³-hybridized carbons (Fsp3) is 0.381. The maximum Gasteiger partial charge on any atom is 0.407 e. The Morgan fingerprint density at radius 3 is 2.65 bits per heavy atom. The Kier molecular flexibility index (Phi) is 5.26. The van der Waals surface area contributed by atoms with Crippen molar-refractivity contribution in [2.24, 2.45) is 5.41 Å². The molecule has 1 aliphatic rings. The molecule has 3 aromatic rings. The summed E-state index contributed by atoms with van der Waals surface area (Å²) < 4.78 is 0.756. The number of carbonyl (C=O) groups is 1. The summed E-state index contributed by atoms with van der Waals surface area (Å²) in [6.45, 7) is 7.72. The van der Waals surface area contributed by atoms with Crippen molar-refractivity contribution in [3.63, 3.8) is 0 Å². The van der Waals surface area contributed by atoms with E-state index in [2.05, 4.69) is 14.9 Å². The number of thiazole rings is 1. The number of carboxylic acid groups (broad SMARTS) is 1. The van der Waals surface area contributed by atoms with Crippen molar-refractivity contribution in [2.75, 3.05) is 24.5 Å². The highest BCUT2D eigenvalue weighted by Crippen LogP contribution is 2.33. The largest absolute Gasteiger partial charge is 0.465 e. The van der Waals surface area contributed by atoms with Gasteiger partial charge in [0.2, 0.25) is 0 Å². The van der Waals surface area contributed by atoms with Gasteiger partial charge in [-0.15, -0.1) is 11.3 Å². The van der Waals surface area contributed by atoms with Gasteiger partial charge < -0.3 is 14.9 Å². The fourth-order valence-corrected chi connectivity index (χ4v) is 4.80. The van der Waals surface area contributed by atoms with Crippen LogP contribution in [-0.4, -0.2) is 56.7 Å². The molecular formula is C21H23N5O4S. The number of non-ortho nitro benzene ring substituents is 1. The minimum absolute atomic E-state index is 0.0464. The molecular weight excluding hydrogens is 418 g/mol. The zero-order valence-electron chi connectivity index (χ0n) is 17.5. The van der Waals surface area contributed by atoms with Crippen molar-refractivity contribution < 1.29 is 14.8 Å². The summed E-state index contributed by atoms with van der Waals surface area (Å²) in [5.41, 5.74) is 1.40. The Balaban J connectivity index is 1.56. The second-order valence-corrected chi connectivity index (χ2v) is 9.67. The summed E-state index contributed by atoms with van der Waals surface area (Å²) in [4.78, 5) is 35.0. The fourth-order valence-electron chi connectivity index (χ4n) is 3.81. The Morgan fingerprint density at radius 1 is 1.26 bits per heavy atom. The van der Waals surface area contributed by atoms with Crippen molar-refractivity contribution in [2.45, 2.75) is 26.8 Å². The molecule has 3 heterocycles. The van der Waals surface area contributed by atoms with E-state index in [0.717, 1.165) is 21.1 Å². The van der Waals surface area contributed by atoms with Crippen LogP contribution in [0.2, 0.25) is 0 Å². The van der Waals surface area contributed by atoms with Crippen LogP contribution < -0.4 is 4.90 Å². The second-order valence-electron chi connectivity index (χ2n) is 8.64. The number of piperazine rings is 1. The van der Waals surface area contributed by atoms with E-state index >= 15 is 0 Å². The van der Waals surface area contributed by atoms with E-state index in [1.807, 2.05) is 32.9 Å². The lowest BCUT2D eigenvalue weighted by atomic mass is 9.84. The van der Waals surface area contributed by atoms with Crippen LogP contribution in [0.1, 0.15) is 20.8 Å². The molecule has 2 aromatic heterocycles. The number of hydrogen-bond donors (Lipinski definition) is 1. The first-order chi connectivity index (χ1) is 14.6. The van der Waals surface area contributed by atoms with Crippen molar-refractivity contribution in [3.05, 3.63) is 46.6 Å². The predicted octanol–water partition coefficient (Wildman–Crippen LogP) is 4.48. The van der Waals surface area contributed by atoms with Gasteiger partial charge in [-0.1, -0.05) is 20.8 Å². The number of amides is 1. The van der Waals surface area contributed by atoms with Crippen LogP contribution in [0.3, 0.4) is 0 Å². The number of fused-ring (bicyclic) bond motifs is 1. The van der Waals surface area contributed by atoms with Crippen molar-refractivity contribution >= 4 is 39.2 Å². The summed E-state index contributed by atoms with van der Waals surface area (Å²) >= 11 is 1.39. The van der Waals surface area contributed by atoms with Crippen molar-refractivity contribution in [3.8, 4) is 10.6 Å². The lowest BCUT2D eigenvalue weighted by Crippen LogP contribution is -2.59. The van der Waals surface area contributed by atoms with E-state index in [-0.39, 0.29) is 17.1 Å². The lowest BCUT2D eigenvalue weighted by molar-refractivity contribution is -0.384. The number of benzene rings is 1. The molecule has 10 heteroatoms. The molecule has 1 unspecified atom stereocenters. The molecule has 0 spiro atoms. The predicted molar refractivity (Wildman–Crippen MR) is 120 cm³/mol. The van der Waals surface area contributed by atoms with E-state index in [1.54, 1.807) is 12.3 Å². The molecule has 4 rings (SSSR count). The van der Waals surface area contributed by atoms with E-state index < -0.39 is 11.0 Å². The summed E-state index contributed by atoms with van der Waals surface area (Å²) in [7, 11) is 0. The molecule has 1 fully saturated rings. The summed E-state index contributed by atoms with van der Waals surface area (Å²) in [5.74, 6) is 0.791. The van der Waals surface area contributed by atoms with E-state index in [1.165, 1.54) is 28.4 Å². The Hall–Kier alpha value is -3.27. The first kappa shape index (κ1) is 21.0. The number of nitro groups is 1. The molecule has 1 saturated heterocycles. The molecule has 0 radical (unpaired) electrons. The maximum absolute atomic E-state index is 11.6. The van der Waals surface area contributed by atoms with Gasteiger partial charge in [-0.2, -0.15) is 0 Å². The number of anilines is 1. The van der Waals surface area contributed by atoms with Gasteiger partial charge in [-0.3, -0.25) is 10.1 Å². The van der Waals surface area contributed by atoms with Crippen LogP contribution in [0.25, 0.3) is 20.8 Å². The number of hydrogen-bond acceptors (Lipinski definition) is 7. The first-order valence-electron chi connectivity index (χ1n) is 9.89. The van der Waals surface area contributed by atoms with Gasteiger partial charge in [0.25, 0.3) is 5.69 Å². The highest BCUT2D eigenvalue weighted by atomic mass is 32.1. The van der Waals surface area contributed by atoms with Gasteiger partial charge in [-0.25, -0.2) is 14.8 Å². The van der Waals surface area contributed by atoms with Crippen LogP contribution >= 0.6 is 11.3 Å². The molecule has 0 aliphatic carbocycles. The van der Waals surface area contributed by atoms with Gasteiger partial charge in [0.1, 0.15) is 10.8 Å². The number of pyridine rings is 1. The molecule has 1 amide bonds. The third-order valence-corrected chi connectivity index (χ3v) is 6.59. The van der Waals surface area contributed by atoms with Crippen LogP contribution in [-0.2, 0) is 0 Å². The van der Waals surface area contributed by atoms with Gasteiger partial charge in [0, 0.05) is 43.5 Å².